The molecule has 0 radical (unpaired) electrons. The second-order valence-corrected chi connectivity index (χ2v) is 4.17. The van der Waals surface area contributed by atoms with Crippen LogP contribution < -0.4 is 16.4 Å². The van der Waals surface area contributed by atoms with Crippen LogP contribution in [-0.2, 0) is 11.2 Å². The van der Waals surface area contributed by atoms with Gasteiger partial charge in [-0.1, -0.05) is 18.2 Å². The van der Waals surface area contributed by atoms with E-state index in [0.29, 0.717) is 11.7 Å². The zero-order chi connectivity index (χ0) is 12.3. The zero-order valence-electron chi connectivity index (χ0n) is 9.40. The molecule has 0 saturated heterocycles. The maximum absolute atomic E-state index is 11.6. The number of carbonyl (C=O) groups is 2. The third kappa shape index (κ3) is 3.48. The molecule has 17 heavy (non-hydrogen) atoms. The van der Waals surface area contributed by atoms with Crippen LogP contribution in [0.2, 0.25) is 0 Å². The molecular formula is C12H15N3O2. The number of amides is 3. The van der Waals surface area contributed by atoms with Crippen molar-refractivity contribution in [2.24, 2.45) is 5.73 Å². The van der Waals surface area contributed by atoms with Crippen molar-refractivity contribution in [1.82, 2.24) is 5.32 Å². The molecule has 0 spiro atoms. The van der Waals surface area contributed by atoms with Crippen LogP contribution in [0.1, 0.15) is 18.4 Å². The SMILES string of the molecule is NC(=O)Cc1ccccc1NC(=O)NC1CC1. The summed E-state index contributed by atoms with van der Waals surface area (Å²) < 4.78 is 0. The van der Waals surface area contributed by atoms with Crippen LogP contribution in [0.25, 0.3) is 0 Å². The lowest BCUT2D eigenvalue weighted by atomic mass is 10.1. The van der Waals surface area contributed by atoms with Gasteiger partial charge < -0.3 is 16.4 Å². The van der Waals surface area contributed by atoms with Gasteiger partial charge in [0.05, 0.1) is 6.42 Å². The summed E-state index contributed by atoms with van der Waals surface area (Å²) in [4.78, 5) is 22.5. The summed E-state index contributed by atoms with van der Waals surface area (Å²) in [7, 11) is 0. The van der Waals surface area contributed by atoms with Crippen LogP contribution in [0, 0.1) is 0 Å². The number of anilines is 1. The highest BCUT2D eigenvalue weighted by Crippen LogP contribution is 2.20. The molecule has 0 aromatic heterocycles. The second-order valence-electron chi connectivity index (χ2n) is 4.17. The smallest absolute Gasteiger partial charge is 0.319 e. The number of carbonyl (C=O) groups excluding carboxylic acids is 2. The van der Waals surface area contributed by atoms with Crippen molar-refractivity contribution in [3.05, 3.63) is 29.8 Å². The molecule has 1 aromatic carbocycles. The minimum atomic E-state index is -0.415. The van der Waals surface area contributed by atoms with Gasteiger partial charge >= 0.3 is 6.03 Å². The molecule has 0 unspecified atom stereocenters. The second kappa shape index (κ2) is 4.86. The monoisotopic (exact) mass is 233 g/mol. The van der Waals surface area contributed by atoms with Crippen LogP contribution in [0.4, 0.5) is 10.5 Å². The summed E-state index contributed by atoms with van der Waals surface area (Å²) in [5, 5.41) is 5.55. The van der Waals surface area contributed by atoms with E-state index < -0.39 is 5.91 Å². The molecule has 1 aromatic rings. The van der Waals surface area contributed by atoms with E-state index >= 15 is 0 Å². The van der Waals surface area contributed by atoms with Crippen LogP contribution in [0.15, 0.2) is 24.3 Å². The van der Waals surface area contributed by atoms with Crippen LogP contribution in [-0.4, -0.2) is 18.0 Å². The molecule has 0 bridgehead atoms. The fourth-order valence-electron chi connectivity index (χ4n) is 1.56. The first-order valence-corrected chi connectivity index (χ1v) is 5.59. The van der Waals surface area contributed by atoms with Gasteiger partial charge in [-0.25, -0.2) is 4.79 Å². The van der Waals surface area contributed by atoms with Gasteiger partial charge in [0.1, 0.15) is 0 Å². The molecule has 1 aliphatic carbocycles. The van der Waals surface area contributed by atoms with Crippen molar-refractivity contribution in [2.45, 2.75) is 25.3 Å². The standard InChI is InChI=1S/C12H15N3O2/c13-11(16)7-8-3-1-2-4-10(8)15-12(17)14-9-5-6-9/h1-4,9H,5-7H2,(H2,13,16)(H2,14,15,17). The zero-order valence-corrected chi connectivity index (χ0v) is 9.40. The van der Waals surface area contributed by atoms with E-state index in [9.17, 15) is 9.59 Å². The van der Waals surface area contributed by atoms with Crippen LogP contribution >= 0.6 is 0 Å². The molecule has 5 nitrogen and oxygen atoms in total. The molecular weight excluding hydrogens is 218 g/mol. The highest BCUT2D eigenvalue weighted by atomic mass is 16.2. The minimum Gasteiger partial charge on any atom is -0.369 e. The number of urea groups is 1. The third-order valence-electron chi connectivity index (χ3n) is 2.54. The number of nitrogens with one attached hydrogen (secondary N) is 2. The first-order valence-electron chi connectivity index (χ1n) is 5.59. The molecule has 0 aliphatic heterocycles. The summed E-state index contributed by atoms with van der Waals surface area (Å²) in [6, 6.07) is 7.21. The molecule has 3 amide bonds. The van der Waals surface area contributed by atoms with Gasteiger partial charge in [-0.05, 0) is 24.5 Å². The summed E-state index contributed by atoms with van der Waals surface area (Å²) >= 11 is 0. The number of para-hydroxylation sites is 1. The number of hydrogen-bond acceptors (Lipinski definition) is 2. The largest absolute Gasteiger partial charge is 0.369 e. The predicted molar refractivity (Wildman–Crippen MR) is 64.5 cm³/mol. The number of rotatable bonds is 4. The van der Waals surface area contributed by atoms with Crippen molar-refractivity contribution < 1.29 is 9.59 Å². The van der Waals surface area contributed by atoms with E-state index in [2.05, 4.69) is 10.6 Å². The predicted octanol–water partition coefficient (Wildman–Crippen LogP) is 0.998. The molecule has 0 atom stereocenters. The summed E-state index contributed by atoms with van der Waals surface area (Å²) in [6.45, 7) is 0. The van der Waals surface area contributed by atoms with Gasteiger partial charge in [0.25, 0.3) is 0 Å². The number of nitrogens with two attached hydrogens (primary N) is 1. The van der Waals surface area contributed by atoms with E-state index in [1.807, 2.05) is 6.07 Å². The molecule has 0 heterocycles. The Morgan fingerprint density at radius 1 is 1.29 bits per heavy atom. The van der Waals surface area contributed by atoms with Gasteiger partial charge in [0.15, 0.2) is 0 Å². The molecule has 1 saturated carbocycles. The highest BCUT2D eigenvalue weighted by molar-refractivity contribution is 5.91. The number of benzene rings is 1. The Morgan fingerprint density at radius 2 is 2.00 bits per heavy atom. The maximum atomic E-state index is 11.6. The molecule has 90 valence electrons. The van der Waals surface area contributed by atoms with E-state index in [0.717, 1.165) is 18.4 Å². The summed E-state index contributed by atoms with van der Waals surface area (Å²) in [6.07, 6.45) is 2.20. The number of primary amides is 1. The lowest BCUT2D eigenvalue weighted by Gasteiger charge is -2.10. The van der Waals surface area contributed by atoms with Crippen molar-refractivity contribution in [3.63, 3.8) is 0 Å². The van der Waals surface area contributed by atoms with Crippen molar-refractivity contribution in [2.75, 3.05) is 5.32 Å². The lowest BCUT2D eigenvalue weighted by molar-refractivity contribution is -0.117. The maximum Gasteiger partial charge on any atom is 0.319 e. The molecule has 2 rings (SSSR count). The van der Waals surface area contributed by atoms with E-state index in [4.69, 9.17) is 5.73 Å². The van der Waals surface area contributed by atoms with Gasteiger partial charge in [-0.15, -0.1) is 0 Å². The Balaban J connectivity index is 2.02. The Hall–Kier alpha value is -2.04. The fraction of sp³-hybridized carbons (Fsp3) is 0.333. The fourth-order valence-corrected chi connectivity index (χ4v) is 1.56. The topological polar surface area (TPSA) is 84.2 Å². The molecule has 1 aliphatic rings. The third-order valence-corrected chi connectivity index (χ3v) is 2.54. The van der Waals surface area contributed by atoms with Crippen molar-refractivity contribution in [1.29, 1.82) is 0 Å². The van der Waals surface area contributed by atoms with Crippen LogP contribution in [0.3, 0.4) is 0 Å². The van der Waals surface area contributed by atoms with Crippen LogP contribution in [0.5, 0.6) is 0 Å². The van der Waals surface area contributed by atoms with Gasteiger partial charge in [-0.3, -0.25) is 4.79 Å². The minimum absolute atomic E-state index is 0.125. The Labute approximate surface area is 99.4 Å². The average Bonchev–Trinajstić information content (AvgIpc) is 3.04. The van der Waals surface area contributed by atoms with Gasteiger partial charge in [0, 0.05) is 11.7 Å². The normalized spacial score (nSPS) is 14.1. The summed E-state index contributed by atoms with van der Waals surface area (Å²) in [5.41, 5.74) is 6.50. The first-order chi connectivity index (χ1) is 8.15. The van der Waals surface area contributed by atoms with Crippen molar-refractivity contribution in [3.8, 4) is 0 Å². The molecule has 5 heteroatoms. The van der Waals surface area contributed by atoms with Crippen molar-refractivity contribution >= 4 is 17.6 Å². The first kappa shape index (κ1) is 11.4. The summed E-state index contributed by atoms with van der Waals surface area (Å²) in [5.74, 6) is -0.415. The highest BCUT2D eigenvalue weighted by Gasteiger charge is 2.23. The average molecular weight is 233 g/mol. The van der Waals surface area contributed by atoms with Gasteiger partial charge in [-0.2, -0.15) is 0 Å². The Bertz CT molecular complexity index is 441. The van der Waals surface area contributed by atoms with Gasteiger partial charge in [0.2, 0.25) is 5.91 Å². The Kier molecular flexibility index (Phi) is 3.27. The Morgan fingerprint density at radius 3 is 2.65 bits per heavy atom. The number of hydrogen-bond donors (Lipinski definition) is 3. The molecule has 4 N–H and O–H groups in total. The van der Waals surface area contributed by atoms with E-state index in [-0.39, 0.29) is 12.5 Å². The van der Waals surface area contributed by atoms with E-state index in [1.165, 1.54) is 0 Å². The molecule has 1 fully saturated rings. The van der Waals surface area contributed by atoms with E-state index in [1.54, 1.807) is 18.2 Å². The quantitative estimate of drug-likeness (QED) is 0.724. The lowest BCUT2D eigenvalue weighted by Crippen LogP contribution is -2.31.